The lowest BCUT2D eigenvalue weighted by Gasteiger charge is -2.13. The van der Waals surface area contributed by atoms with Crippen LogP contribution < -0.4 is 10.6 Å². The molecule has 1 saturated carbocycles. The van der Waals surface area contributed by atoms with Crippen molar-refractivity contribution in [2.45, 2.75) is 32.1 Å². The molecule has 3 nitrogen and oxygen atoms in total. The van der Waals surface area contributed by atoms with Crippen LogP contribution in [-0.2, 0) is 0 Å². The molecule has 0 aliphatic heterocycles. The Hall–Kier alpha value is -1.04. The van der Waals surface area contributed by atoms with Gasteiger partial charge in [-0.2, -0.15) is 0 Å². The van der Waals surface area contributed by atoms with Crippen molar-refractivity contribution >= 4 is 34.3 Å². The Bertz CT molecular complexity index is 432. The van der Waals surface area contributed by atoms with E-state index in [4.69, 9.17) is 0 Å². The molecule has 2 N–H and O–H groups in total. The Morgan fingerprint density at radius 3 is 2.44 bits per heavy atom. The third-order valence-corrected chi connectivity index (χ3v) is 3.72. The maximum absolute atomic E-state index is 11.7. The number of hydrogen-bond donors (Lipinski definition) is 2. The molecule has 1 aromatic rings. The van der Waals surface area contributed by atoms with Gasteiger partial charge in [-0.1, -0.05) is 12.0 Å². The summed E-state index contributed by atoms with van der Waals surface area (Å²) in [6.07, 6.45) is 7.89. The Morgan fingerprint density at radius 2 is 1.78 bits per heavy atom. The maximum atomic E-state index is 11.7. The topological polar surface area (TPSA) is 41.1 Å². The zero-order valence-electron chi connectivity index (χ0n) is 10.2. The molecule has 0 saturated heterocycles. The van der Waals surface area contributed by atoms with E-state index in [2.05, 4.69) is 33.2 Å². The molecule has 18 heavy (non-hydrogen) atoms. The third-order valence-electron chi connectivity index (χ3n) is 3.01. The van der Waals surface area contributed by atoms with Crippen LogP contribution in [0.25, 0.3) is 0 Å². The second-order valence-electron chi connectivity index (χ2n) is 4.47. The SMILES string of the molecule is O=C(NC=C1CCCCC1)Nc1ccc(I)cc1. The van der Waals surface area contributed by atoms with Crippen molar-refractivity contribution in [1.82, 2.24) is 5.32 Å². The van der Waals surface area contributed by atoms with Gasteiger partial charge >= 0.3 is 6.03 Å². The predicted octanol–water partition coefficient (Wildman–Crippen LogP) is 4.26. The number of rotatable bonds is 2. The standard InChI is InChI=1S/C14H17IN2O/c15-12-6-8-13(9-7-12)17-14(18)16-10-11-4-2-1-3-5-11/h6-10H,1-5H2,(H2,16,17,18). The van der Waals surface area contributed by atoms with Gasteiger partial charge in [-0.3, -0.25) is 0 Å². The number of benzene rings is 1. The summed E-state index contributed by atoms with van der Waals surface area (Å²) in [5.74, 6) is 0. The molecule has 0 spiro atoms. The normalized spacial score (nSPS) is 15.1. The van der Waals surface area contributed by atoms with E-state index < -0.39 is 0 Å². The zero-order chi connectivity index (χ0) is 12.8. The highest BCUT2D eigenvalue weighted by atomic mass is 127. The van der Waals surface area contributed by atoms with Crippen molar-refractivity contribution in [1.29, 1.82) is 0 Å². The molecular formula is C14H17IN2O. The summed E-state index contributed by atoms with van der Waals surface area (Å²) in [5, 5.41) is 5.61. The molecule has 0 aromatic heterocycles. The first-order valence-corrected chi connectivity index (χ1v) is 7.33. The van der Waals surface area contributed by atoms with Crippen LogP contribution in [-0.4, -0.2) is 6.03 Å². The van der Waals surface area contributed by atoms with Gasteiger partial charge in [-0.15, -0.1) is 0 Å². The fraction of sp³-hybridized carbons (Fsp3) is 0.357. The number of carbonyl (C=O) groups is 1. The summed E-state index contributed by atoms with van der Waals surface area (Å²) in [4.78, 5) is 11.7. The summed E-state index contributed by atoms with van der Waals surface area (Å²) in [6.45, 7) is 0. The monoisotopic (exact) mass is 356 g/mol. The number of nitrogens with one attached hydrogen (secondary N) is 2. The average Bonchev–Trinajstić information content (AvgIpc) is 2.40. The number of amides is 2. The van der Waals surface area contributed by atoms with Gasteiger partial charge in [0.25, 0.3) is 0 Å². The van der Waals surface area contributed by atoms with Crippen molar-refractivity contribution in [3.8, 4) is 0 Å². The lowest BCUT2D eigenvalue weighted by Crippen LogP contribution is -2.24. The van der Waals surface area contributed by atoms with E-state index in [1.54, 1.807) is 0 Å². The maximum Gasteiger partial charge on any atom is 0.323 e. The predicted molar refractivity (Wildman–Crippen MR) is 82.5 cm³/mol. The van der Waals surface area contributed by atoms with Gasteiger partial charge in [0.05, 0.1) is 0 Å². The minimum atomic E-state index is -0.172. The number of urea groups is 1. The molecule has 96 valence electrons. The van der Waals surface area contributed by atoms with Crippen molar-refractivity contribution < 1.29 is 4.79 Å². The lowest BCUT2D eigenvalue weighted by atomic mass is 9.96. The van der Waals surface area contributed by atoms with Crippen LogP contribution in [0.15, 0.2) is 36.0 Å². The third kappa shape index (κ3) is 4.33. The van der Waals surface area contributed by atoms with Crippen LogP contribution in [0.5, 0.6) is 0 Å². The van der Waals surface area contributed by atoms with Crippen LogP contribution >= 0.6 is 22.6 Å². The van der Waals surface area contributed by atoms with E-state index in [1.165, 1.54) is 24.8 Å². The largest absolute Gasteiger partial charge is 0.323 e. The molecule has 0 bridgehead atoms. The van der Waals surface area contributed by atoms with Gasteiger partial charge in [0.2, 0.25) is 0 Å². The number of anilines is 1. The molecule has 2 rings (SSSR count). The molecule has 1 aliphatic rings. The van der Waals surface area contributed by atoms with Crippen LogP contribution in [0.1, 0.15) is 32.1 Å². The van der Waals surface area contributed by atoms with Gasteiger partial charge in [0.15, 0.2) is 0 Å². The molecule has 1 fully saturated rings. The molecule has 0 radical (unpaired) electrons. The van der Waals surface area contributed by atoms with Gasteiger partial charge in [-0.05, 0) is 72.5 Å². The fourth-order valence-corrected chi connectivity index (χ4v) is 2.38. The summed E-state index contributed by atoms with van der Waals surface area (Å²) in [5.41, 5.74) is 2.16. The fourth-order valence-electron chi connectivity index (χ4n) is 2.02. The van der Waals surface area contributed by atoms with Gasteiger partial charge in [0, 0.05) is 15.5 Å². The first-order chi connectivity index (χ1) is 8.74. The molecule has 4 heteroatoms. The highest BCUT2D eigenvalue weighted by molar-refractivity contribution is 14.1. The first kappa shape index (κ1) is 13.4. The van der Waals surface area contributed by atoms with Gasteiger partial charge in [0.1, 0.15) is 0 Å². The molecule has 0 heterocycles. The van der Waals surface area contributed by atoms with E-state index in [1.807, 2.05) is 30.5 Å². The van der Waals surface area contributed by atoms with Crippen LogP contribution in [0.2, 0.25) is 0 Å². The van der Waals surface area contributed by atoms with Gasteiger partial charge < -0.3 is 10.6 Å². The van der Waals surface area contributed by atoms with Crippen molar-refractivity contribution in [2.75, 3.05) is 5.32 Å². The first-order valence-electron chi connectivity index (χ1n) is 6.25. The highest BCUT2D eigenvalue weighted by Gasteiger charge is 2.05. The van der Waals surface area contributed by atoms with Crippen LogP contribution in [0.3, 0.4) is 0 Å². The Morgan fingerprint density at radius 1 is 1.11 bits per heavy atom. The number of allylic oxidation sites excluding steroid dienone is 1. The van der Waals surface area contributed by atoms with E-state index in [0.29, 0.717) is 0 Å². The number of halogens is 1. The highest BCUT2D eigenvalue weighted by Crippen LogP contribution is 2.21. The second-order valence-corrected chi connectivity index (χ2v) is 5.71. The van der Waals surface area contributed by atoms with E-state index in [0.717, 1.165) is 22.1 Å². The quantitative estimate of drug-likeness (QED) is 0.764. The van der Waals surface area contributed by atoms with Crippen LogP contribution in [0, 0.1) is 3.57 Å². The summed E-state index contributed by atoms with van der Waals surface area (Å²) < 4.78 is 1.16. The minimum Gasteiger partial charge on any atom is -0.314 e. The van der Waals surface area contributed by atoms with Crippen LogP contribution in [0.4, 0.5) is 10.5 Å². The average molecular weight is 356 g/mol. The summed E-state index contributed by atoms with van der Waals surface area (Å²) in [6, 6.07) is 7.56. The zero-order valence-corrected chi connectivity index (χ0v) is 12.4. The van der Waals surface area contributed by atoms with E-state index >= 15 is 0 Å². The molecule has 1 aliphatic carbocycles. The lowest BCUT2D eigenvalue weighted by molar-refractivity contribution is 0.255. The minimum absolute atomic E-state index is 0.172. The van der Waals surface area contributed by atoms with Crippen molar-refractivity contribution in [2.24, 2.45) is 0 Å². The Kier molecular flexibility index (Phi) is 5.04. The van der Waals surface area contributed by atoms with Gasteiger partial charge in [-0.25, -0.2) is 4.79 Å². The molecule has 2 amide bonds. The van der Waals surface area contributed by atoms with E-state index in [9.17, 15) is 4.79 Å². The summed E-state index contributed by atoms with van der Waals surface area (Å²) >= 11 is 2.24. The molecule has 0 unspecified atom stereocenters. The smallest absolute Gasteiger partial charge is 0.314 e. The Balaban J connectivity index is 1.83. The molecule has 1 aromatic carbocycles. The molecule has 0 atom stereocenters. The Labute approximate surface area is 121 Å². The van der Waals surface area contributed by atoms with Crippen molar-refractivity contribution in [3.63, 3.8) is 0 Å². The number of hydrogen-bond acceptors (Lipinski definition) is 1. The van der Waals surface area contributed by atoms with E-state index in [-0.39, 0.29) is 6.03 Å². The summed E-state index contributed by atoms with van der Waals surface area (Å²) in [7, 11) is 0. The second kappa shape index (κ2) is 6.78. The van der Waals surface area contributed by atoms with Crippen molar-refractivity contribution in [3.05, 3.63) is 39.6 Å². The molecular weight excluding hydrogens is 339 g/mol. The number of carbonyl (C=O) groups excluding carboxylic acids is 1.